The molecule has 0 radical (unpaired) electrons. The van der Waals surface area contributed by atoms with E-state index in [1.165, 1.54) is 5.56 Å². The van der Waals surface area contributed by atoms with Gasteiger partial charge in [0.1, 0.15) is 5.03 Å². The third-order valence-electron chi connectivity index (χ3n) is 5.07. The van der Waals surface area contributed by atoms with Gasteiger partial charge in [-0.15, -0.1) is 0 Å². The average Bonchev–Trinajstić information content (AvgIpc) is 2.76. The van der Waals surface area contributed by atoms with Gasteiger partial charge >= 0.3 is 0 Å². The minimum absolute atomic E-state index is 0.0126. The SMILES string of the molecule is Cc1ccc(Sc2nccnc2N2CCCC(C(=O)Nc3cccc(Cl)c3)C2)cc1. The number of carbonyl (C=O) groups is 1. The van der Waals surface area contributed by atoms with Crippen molar-refractivity contribution in [1.29, 1.82) is 0 Å². The van der Waals surface area contributed by atoms with E-state index in [2.05, 4.69) is 51.4 Å². The number of rotatable bonds is 5. The van der Waals surface area contributed by atoms with Crippen molar-refractivity contribution in [1.82, 2.24) is 9.97 Å². The second-order valence-electron chi connectivity index (χ2n) is 7.38. The fraction of sp³-hybridized carbons (Fsp3) is 0.261. The summed E-state index contributed by atoms with van der Waals surface area (Å²) in [7, 11) is 0. The van der Waals surface area contributed by atoms with Crippen LogP contribution >= 0.6 is 23.4 Å². The number of piperidine rings is 1. The first-order valence-electron chi connectivity index (χ1n) is 9.95. The fourth-order valence-electron chi connectivity index (χ4n) is 3.52. The van der Waals surface area contributed by atoms with E-state index >= 15 is 0 Å². The van der Waals surface area contributed by atoms with Crippen LogP contribution in [0.5, 0.6) is 0 Å². The van der Waals surface area contributed by atoms with E-state index in [-0.39, 0.29) is 11.8 Å². The molecule has 3 aromatic rings. The first kappa shape index (κ1) is 20.7. The van der Waals surface area contributed by atoms with Gasteiger partial charge in [-0.25, -0.2) is 9.97 Å². The maximum atomic E-state index is 12.8. The molecular weight excluding hydrogens is 416 g/mol. The highest BCUT2D eigenvalue weighted by Crippen LogP contribution is 2.34. The Hall–Kier alpha value is -2.57. The van der Waals surface area contributed by atoms with Crippen LogP contribution in [0, 0.1) is 12.8 Å². The number of nitrogens with one attached hydrogen (secondary N) is 1. The number of benzene rings is 2. The number of aromatic nitrogens is 2. The van der Waals surface area contributed by atoms with E-state index in [1.807, 2.05) is 12.1 Å². The second-order valence-corrected chi connectivity index (χ2v) is 8.88. The van der Waals surface area contributed by atoms with Crippen molar-refractivity contribution in [2.45, 2.75) is 29.7 Å². The van der Waals surface area contributed by atoms with Crippen LogP contribution in [-0.4, -0.2) is 29.0 Å². The van der Waals surface area contributed by atoms with Crippen LogP contribution in [0.4, 0.5) is 11.5 Å². The highest BCUT2D eigenvalue weighted by Gasteiger charge is 2.28. The molecule has 1 aliphatic rings. The van der Waals surface area contributed by atoms with Gasteiger partial charge in [0.05, 0.1) is 5.92 Å². The van der Waals surface area contributed by atoms with E-state index in [4.69, 9.17) is 11.6 Å². The molecule has 1 aromatic heterocycles. The van der Waals surface area contributed by atoms with E-state index in [9.17, 15) is 4.79 Å². The zero-order valence-electron chi connectivity index (χ0n) is 16.7. The Kier molecular flexibility index (Phi) is 6.55. The number of anilines is 2. The molecule has 2 aromatic carbocycles. The summed E-state index contributed by atoms with van der Waals surface area (Å²) in [5, 5.41) is 4.46. The lowest BCUT2D eigenvalue weighted by Gasteiger charge is -2.33. The van der Waals surface area contributed by atoms with Crippen molar-refractivity contribution in [2.24, 2.45) is 5.92 Å². The number of hydrogen-bond acceptors (Lipinski definition) is 5. The normalized spacial score (nSPS) is 16.3. The largest absolute Gasteiger partial charge is 0.354 e. The molecule has 1 atom stereocenters. The highest BCUT2D eigenvalue weighted by molar-refractivity contribution is 7.99. The monoisotopic (exact) mass is 438 g/mol. The summed E-state index contributed by atoms with van der Waals surface area (Å²) in [6.07, 6.45) is 5.21. The molecule has 1 amide bonds. The van der Waals surface area contributed by atoms with Gasteiger partial charge in [0.2, 0.25) is 5.91 Å². The standard InChI is InChI=1S/C23H23ClN4OS/c1-16-7-9-20(10-8-16)30-23-21(25-11-12-26-23)28-13-3-4-17(15-28)22(29)27-19-6-2-5-18(24)14-19/h2,5-12,14,17H,3-4,13,15H2,1H3,(H,27,29). The maximum absolute atomic E-state index is 12.8. The Labute approximate surface area is 185 Å². The number of nitrogens with zero attached hydrogens (tertiary/aromatic N) is 3. The van der Waals surface area contributed by atoms with E-state index in [0.717, 1.165) is 40.8 Å². The molecule has 154 valence electrons. The minimum atomic E-state index is -0.114. The predicted octanol–water partition coefficient (Wildman–Crippen LogP) is 5.44. The third-order valence-corrected chi connectivity index (χ3v) is 6.29. The molecule has 2 heterocycles. The molecular formula is C23H23ClN4OS. The first-order chi connectivity index (χ1) is 14.6. The van der Waals surface area contributed by atoms with Crippen molar-refractivity contribution >= 4 is 40.8 Å². The Bertz CT molecular complexity index is 1030. The lowest BCUT2D eigenvalue weighted by atomic mass is 9.97. The molecule has 1 saturated heterocycles. The number of aryl methyl sites for hydroxylation is 1. The summed E-state index contributed by atoms with van der Waals surface area (Å²) < 4.78 is 0. The van der Waals surface area contributed by atoms with Gasteiger partial charge in [0.15, 0.2) is 5.82 Å². The second kappa shape index (κ2) is 9.49. The summed E-state index contributed by atoms with van der Waals surface area (Å²) in [6.45, 7) is 3.55. The van der Waals surface area contributed by atoms with Crippen molar-refractivity contribution in [2.75, 3.05) is 23.3 Å². The predicted molar refractivity (Wildman–Crippen MR) is 122 cm³/mol. The number of hydrogen-bond donors (Lipinski definition) is 1. The van der Waals surface area contributed by atoms with E-state index < -0.39 is 0 Å². The molecule has 1 fully saturated rings. The Morgan fingerprint density at radius 2 is 1.97 bits per heavy atom. The third kappa shape index (κ3) is 5.12. The molecule has 1 N–H and O–H groups in total. The molecule has 30 heavy (non-hydrogen) atoms. The first-order valence-corrected chi connectivity index (χ1v) is 11.1. The molecule has 0 aliphatic carbocycles. The lowest BCUT2D eigenvalue weighted by molar-refractivity contribution is -0.120. The average molecular weight is 439 g/mol. The van der Waals surface area contributed by atoms with Crippen LogP contribution in [0.2, 0.25) is 5.02 Å². The number of amides is 1. The van der Waals surface area contributed by atoms with Crippen LogP contribution in [0.15, 0.2) is 70.8 Å². The molecule has 4 rings (SSSR count). The lowest BCUT2D eigenvalue weighted by Crippen LogP contribution is -2.41. The van der Waals surface area contributed by atoms with Gasteiger partial charge in [0.25, 0.3) is 0 Å². The molecule has 0 bridgehead atoms. The Balaban J connectivity index is 1.48. The minimum Gasteiger partial charge on any atom is -0.354 e. The van der Waals surface area contributed by atoms with Crippen LogP contribution in [-0.2, 0) is 4.79 Å². The zero-order valence-corrected chi connectivity index (χ0v) is 18.3. The maximum Gasteiger partial charge on any atom is 0.229 e. The van der Waals surface area contributed by atoms with Gasteiger partial charge in [-0.3, -0.25) is 4.79 Å². The van der Waals surface area contributed by atoms with Crippen molar-refractivity contribution in [3.8, 4) is 0 Å². The molecule has 7 heteroatoms. The molecule has 1 unspecified atom stereocenters. The Morgan fingerprint density at radius 3 is 2.77 bits per heavy atom. The van der Waals surface area contributed by atoms with Crippen LogP contribution in [0.3, 0.4) is 0 Å². The highest BCUT2D eigenvalue weighted by atomic mass is 35.5. The van der Waals surface area contributed by atoms with Crippen LogP contribution in [0.1, 0.15) is 18.4 Å². The van der Waals surface area contributed by atoms with Crippen LogP contribution in [0.25, 0.3) is 0 Å². The van der Waals surface area contributed by atoms with Gasteiger partial charge in [-0.2, -0.15) is 0 Å². The van der Waals surface area contributed by atoms with Gasteiger partial charge in [0, 0.05) is 41.1 Å². The summed E-state index contributed by atoms with van der Waals surface area (Å²) in [6, 6.07) is 15.6. The molecule has 0 saturated carbocycles. The van der Waals surface area contributed by atoms with Crippen molar-refractivity contribution in [3.05, 3.63) is 71.5 Å². The zero-order chi connectivity index (χ0) is 20.9. The molecule has 5 nitrogen and oxygen atoms in total. The number of halogens is 1. The summed E-state index contributed by atoms with van der Waals surface area (Å²) >= 11 is 7.63. The van der Waals surface area contributed by atoms with Gasteiger partial charge < -0.3 is 10.2 Å². The van der Waals surface area contributed by atoms with Crippen molar-refractivity contribution < 1.29 is 4.79 Å². The summed E-state index contributed by atoms with van der Waals surface area (Å²) in [5.74, 6) is 0.735. The fourth-order valence-corrected chi connectivity index (χ4v) is 4.59. The van der Waals surface area contributed by atoms with Crippen LogP contribution < -0.4 is 10.2 Å². The van der Waals surface area contributed by atoms with E-state index in [1.54, 1.807) is 36.3 Å². The topological polar surface area (TPSA) is 58.1 Å². The molecule has 1 aliphatic heterocycles. The van der Waals surface area contributed by atoms with Gasteiger partial charge in [-0.05, 0) is 50.1 Å². The number of carbonyl (C=O) groups excluding carboxylic acids is 1. The smallest absolute Gasteiger partial charge is 0.229 e. The summed E-state index contributed by atoms with van der Waals surface area (Å²) in [5.41, 5.74) is 1.95. The molecule has 0 spiro atoms. The van der Waals surface area contributed by atoms with Gasteiger partial charge in [-0.1, -0.05) is 47.1 Å². The summed E-state index contributed by atoms with van der Waals surface area (Å²) in [4.78, 5) is 25.3. The quantitative estimate of drug-likeness (QED) is 0.574. The van der Waals surface area contributed by atoms with E-state index in [0.29, 0.717) is 11.6 Å². The van der Waals surface area contributed by atoms with Crippen molar-refractivity contribution in [3.63, 3.8) is 0 Å². The Morgan fingerprint density at radius 1 is 1.17 bits per heavy atom.